The lowest BCUT2D eigenvalue weighted by molar-refractivity contribution is -0.122. The van der Waals surface area contributed by atoms with Crippen molar-refractivity contribution in [2.45, 2.75) is 23.9 Å². The van der Waals surface area contributed by atoms with Gasteiger partial charge in [-0.2, -0.15) is 0 Å². The second-order valence-electron chi connectivity index (χ2n) is 6.36. The molecule has 134 valence electrons. The van der Waals surface area contributed by atoms with Gasteiger partial charge in [0.1, 0.15) is 17.4 Å². The molecule has 0 saturated carbocycles. The molecule has 0 radical (unpaired) electrons. The Bertz CT molecular complexity index is 949. The summed E-state index contributed by atoms with van der Waals surface area (Å²) in [5.74, 6) is 0.681. The number of ether oxygens (including phenoxy) is 1. The lowest BCUT2D eigenvalue weighted by Gasteiger charge is -2.36. The number of Topliss-reactive ketones (excluding diaryl/α,β-unsaturated/α-hetero) is 1. The lowest BCUT2D eigenvalue weighted by atomic mass is 9.72. The molecule has 0 amide bonds. The van der Waals surface area contributed by atoms with Gasteiger partial charge in [0.05, 0.1) is 18.6 Å². The molecule has 1 aliphatic heterocycles. The Kier molecular flexibility index (Phi) is 4.32. The first-order chi connectivity index (χ1) is 12.6. The number of rotatable bonds is 3. The van der Waals surface area contributed by atoms with Crippen LogP contribution in [0.1, 0.15) is 29.9 Å². The Morgan fingerprint density at radius 3 is 2.65 bits per heavy atom. The molecule has 6 nitrogen and oxygen atoms in total. The van der Waals surface area contributed by atoms with Gasteiger partial charge in [-0.15, -0.1) is 0 Å². The monoisotopic (exact) mass is 369 g/mol. The Morgan fingerprint density at radius 1 is 1.19 bits per heavy atom. The molecule has 0 spiro atoms. The average molecular weight is 369 g/mol. The Hall–Kier alpha value is -2.54. The van der Waals surface area contributed by atoms with E-state index in [-0.39, 0.29) is 23.2 Å². The zero-order valence-corrected chi connectivity index (χ0v) is 15.4. The molecule has 2 aliphatic rings. The number of aromatic nitrogens is 2. The van der Waals surface area contributed by atoms with E-state index in [0.717, 1.165) is 17.0 Å². The molecule has 2 atom stereocenters. The summed E-state index contributed by atoms with van der Waals surface area (Å²) in [5.41, 5.74) is 2.07. The summed E-state index contributed by atoms with van der Waals surface area (Å²) in [5, 5.41) is 3.79. The van der Waals surface area contributed by atoms with Crippen LogP contribution in [0.25, 0.3) is 0 Å². The Balaban J connectivity index is 1.93. The molecular formula is C19H19N3O3S. The first-order valence-corrected chi connectivity index (χ1v) is 9.66. The number of thioether (sulfide) groups is 1. The highest BCUT2D eigenvalue weighted by atomic mass is 32.2. The van der Waals surface area contributed by atoms with Gasteiger partial charge >= 0.3 is 0 Å². The molecule has 0 fully saturated rings. The van der Waals surface area contributed by atoms with Crippen LogP contribution in [0.3, 0.4) is 0 Å². The zero-order valence-electron chi connectivity index (χ0n) is 14.5. The Morgan fingerprint density at radius 2 is 1.96 bits per heavy atom. The quantitative estimate of drug-likeness (QED) is 0.639. The van der Waals surface area contributed by atoms with E-state index >= 15 is 0 Å². The van der Waals surface area contributed by atoms with Crippen molar-refractivity contribution in [2.24, 2.45) is 5.92 Å². The molecule has 0 saturated heterocycles. The summed E-state index contributed by atoms with van der Waals surface area (Å²) >= 11 is 1.38. The van der Waals surface area contributed by atoms with Crippen molar-refractivity contribution in [2.75, 3.05) is 18.7 Å². The number of carbonyl (C=O) groups is 1. The maximum absolute atomic E-state index is 12.8. The third-order valence-electron chi connectivity index (χ3n) is 4.95. The fraction of sp³-hybridized carbons (Fsp3) is 0.316. The summed E-state index contributed by atoms with van der Waals surface area (Å²) in [4.78, 5) is 32.9. The van der Waals surface area contributed by atoms with Crippen LogP contribution in [0.5, 0.6) is 5.75 Å². The van der Waals surface area contributed by atoms with Gasteiger partial charge in [-0.05, 0) is 30.4 Å². The van der Waals surface area contributed by atoms with Gasteiger partial charge in [-0.1, -0.05) is 30.0 Å². The van der Waals surface area contributed by atoms with Crippen LogP contribution in [0, 0.1) is 5.92 Å². The van der Waals surface area contributed by atoms with Gasteiger partial charge in [-0.25, -0.2) is 4.98 Å². The maximum Gasteiger partial charge on any atom is 0.257 e. The second-order valence-corrected chi connectivity index (χ2v) is 7.15. The van der Waals surface area contributed by atoms with Gasteiger partial charge in [0, 0.05) is 18.0 Å². The molecule has 1 aromatic heterocycles. The number of ketones is 1. The average Bonchev–Trinajstić information content (AvgIpc) is 2.66. The number of carbonyl (C=O) groups excluding carboxylic acids is 1. The highest BCUT2D eigenvalue weighted by Gasteiger charge is 2.42. The third kappa shape index (κ3) is 2.72. The second kappa shape index (κ2) is 6.64. The summed E-state index contributed by atoms with van der Waals surface area (Å²) in [6.07, 6.45) is 5.11. The first kappa shape index (κ1) is 16.9. The van der Waals surface area contributed by atoms with Crippen molar-refractivity contribution in [3.8, 4) is 5.75 Å². The number of benzene rings is 1. The Labute approximate surface area is 155 Å². The number of aromatic amines is 1. The normalized spacial score (nSPS) is 21.3. The van der Waals surface area contributed by atoms with E-state index in [1.54, 1.807) is 7.11 Å². The van der Waals surface area contributed by atoms with Gasteiger partial charge in [0.25, 0.3) is 5.56 Å². The molecule has 4 rings (SSSR count). The van der Waals surface area contributed by atoms with E-state index in [1.807, 2.05) is 36.6 Å². The van der Waals surface area contributed by atoms with Gasteiger partial charge in [-0.3, -0.25) is 9.59 Å². The van der Waals surface area contributed by atoms with Gasteiger partial charge in [0.15, 0.2) is 5.16 Å². The number of allylic oxidation sites excluding steroid dienone is 2. The topological polar surface area (TPSA) is 84.1 Å². The number of fused-ring (bicyclic) bond motifs is 2. The number of nitrogens with one attached hydrogen (secondary N) is 2. The highest BCUT2D eigenvalue weighted by molar-refractivity contribution is 7.98. The summed E-state index contributed by atoms with van der Waals surface area (Å²) in [6.45, 7) is 0. The minimum Gasteiger partial charge on any atom is -0.497 e. The van der Waals surface area contributed by atoms with Crippen LogP contribution in [-0.4, -0.2) is 29.1 Å². The summed E-state index contributed by atoms with van der Waals surface area (Å²) in [6, 6.07) is 7.54. The van der Waals surface area contributed by atoms with Gasteiger partial charge in [0.2, 0.25) is 0 Å². The predicted molar refractivity (Wildman–Crippen MR) is 101 cm³/mol. The molecule has 2 N–H and O–H groups in total. The van der Waals surface area contributed by atoms with Crippen molar-refractivity contribution < 1.29 is 9.53 Å². The summed E-state index contributed by atoms with van der Waals surface area (Å²) < 4.78 is 5.23. The molecule has 1 aliphatic carbocycles. The van der Waals surface area contributed by atoms with E-state index in [9.17, 15) is 9.59 Å². The molecular weight excluding hydrogens is 350 g/mol. The number of anilines is 1. The summed E-state index contributed by atoms with van der Waals surface area (Å²) in [7, 11) is 1.61. The minimum atomic E-state index is -0.382. The third-order valence-corrected chi connectivity index (χ3v) is 5.53. The predicted octanol–water partition coefficient (Wildman–Crippen LogP) is 2.92. The molecule has 0 bridgehead atoms. The number of nitrogens with zero attached hydrogens (tertiary/aromatic N) is 1. The largest absolute Gasteiger partial charge is 0.497 e. The van der Waals surface area contributed by atoms with Crippen LogP contribution in [-0.2, 0) is 4.79 Å². The molecule has 2 aromatic rings. The van der Waals surface area contributed by atoms with Crippen LogP contribution in [0.15, 0.2) is 46.0 Å². The van der Waals surface area contributed by atoms with Crippen LogP contribution >= 0.6 is 11.8 Å². The van der Waals surface area contributed by atoms with Crippen LogP contribution in [0.2, 0.25) is 0 Å². The van der Waals surface area contributed by atoms with Crippen molar-refractivity contribution in [3.63, 3.8) is 0 Å². The zero-order chi connectivity index (χ0) is 18.3. The fourth-order valence-corrected chi connectivity index (χ4v) is 4.11. The molecule has 2 heterocycles. The van der Waals surface area contributed by atoms with Crippen molar-refractivity contribution >= 4 is 23.4 Å². The molecule has 26 heavy (non-hydrogen) atoms. The van der Waals surface area contributed by atoms with E-state index in [4.69, 9.17) is 4.74 Å². The standard InChI is InChI=1S/C19H19N3O3S/c1-25-11-8-6-10(7-9-11)14-15-12(4-3-5-13(15)23)20-17-16(14)18(24)22-19(21-17)26-2/h4,6-9,14-15H,3,5H2,1-2H3,(H2,20,21,22,24)/t14-,15-/m1/s1. The highest BCUT2D eigenvalue weighted by Crippen LogP contribution is 2.45. The number of hydrogen-bond acceptors (Lipinski definition) is 6. The van der Waals surface area contributed by atoms with Crippen molar-refractivity contribution in [1.29, 1.82) is 0 Å². The van der Waals surface area contributed by atoms with Crippen LogP contribution < -0.4 is 15.6 Å². The molecule has 0 unspecified atom stereocenters. The lowest BCUT2D eigenvalue weighted by Crippen LogP contribution is -2.38. The maximum atomic E-state index is 12.8. The van der Waals surface area contributed by atoms with E-state index in [1.165, 1.54) is 11.8 Å². The SMILES string of the molecule is COc1ccc([C@H]2c3c(nc(SC)[nH]c3=O)NC3=CCCC(=O)[C@@H]32)cc1. The van der Waals surface area contributed by atoms with Crippen LogP contribution in [0.4, 0.5) is 5.82 Å². The molecule has 7 heteroatoms. The first-order valence-electron chi connectivity index (χ1n) is 8.44. The smallest absolute Gasteiger partial charge is 0.257 e. The van der Waals surface area contributed by atoms with E-state index in [2.05, 4.69) is 15.3 Å². The minimum absolute atomic E-state index is 0.148. The fourth-order valence-electron chi connectivity index (χ4n) is 3.74. The van der Waals surface area contributed by atoms with E-state index < -0.39 is 0 Å². The van der Waals surface area contributed by atoms with Gasteiger partial charge < -0.3 is 15.0 Å². The van der Waals surface area contributed by atoms with Crippen molar-refractivity contribution in [1.82, 2.24) is 9.97 Å². The number of H-pyrrole nitrogens is 1. The number of methoxy groups -OCH3 is 1. The van der Waals surface area contributed by atoms with Crippen molar-refractivity contribution in [3.05, 3.63) is 57.5 Å². The van der Waals surface area contributed by atoms with E-state index in [0.29, 0.717) is 29.4 Å². The molecule has 1 aromatic carbocycles. The number of hydrogen-bond donors (Lipinski definition) is 2.